The summed E-state index contributed by atoms with van der Waals surface area (Å²) in [5.74, 6) is -0.898. The third-order valence-electron chi connectivity index (χ3n) is 5.51. The van der Waals surface area contributed by atoms with E-state index in [1.165, 1.54) is 49.6 Å². The fourth-order valence-electron chi connectivity index (χ4n) is 3.86. The largest absolute Gasteiger partial charge is 0.497 e. The lowest BCUT2D eigenvalue weighted by atomic mass is 9.82. The van der Waals surface area contributed by atoms with Crippen molar-refractivity contribution in [2.45, 2.75) is 19.1 Å². The number of ether oxygens (including phenoxy) is 3. The first-order valence-corrected chi connectivity index (χ1v) is 9.91. The Morgan fingerprint density at radius 1 is 0.970 bits per heavy atom. The van der Waals surface area contributed by atoms with Crippen LogP contribution < -0.4 is 15.2 Å². The molecule has 1 unspecified atom stereocenters. The Bertz CT molecular complexity index is 1230. The third kappa shape index (κ3) is 4.18. The van der Waals surface area contributed by atoms with Crippen LogP contribution in [0.2, 0.25) is 0 Å². The van der Waals surface area contributed by atoms with Gasteiger partial charge in [0.05, 0.1) is 7.11 Å². The standard InChI is InChI=1S/C24H20F4N2O3/c1-13-9-14(4-8-21(13)33-22(27)28)24(12-32-23(29)30-24)15-3-6-19(25)17(10-15)18-11-16(31-2)5-7-20(18)26/h3-11,22H,12H2,1-2H3,(H2,29,30). The minimum atomic E-state index is -2.97. The van der Waals surface area contributed by atoms with Crippen molar-refractivity contribution < 1.29 is 31.8 Å². The number of aliphatic imine (C=N–C) groups is 1. The topological polar surface area (TPSA) is 66.1 Å². The molecule has 1 aliphatic rings. The Labute approximate surface area is 187 Å². The first-order chi connectivity index (χ1) is 15.7. The Hall–Kier alpha value is -3.75. The highest BCUT2D eigenvalue weighted by Gasteiger charge is 2.41. The molecule has 1 heterocycles. The fraction of sp³-hybridized carbons (Fsp3) is 0.208. The summed E-state index contributed by atoms with van der Waals surface area (Å²) in [6.45, 7) is -1.37. The number of aryl methyl sites for hydroxylation is 1. The van der Waals surface area contributed by atoms with Crippen molar-refractivity contribution in [2.75, 3.05) is 13.7 Å². The van der Waals surface area contributed by atoms with Gasteiger partial charge in [-0.25, -0.2) is 13.8 Å². The maximum atomic E-state index is 14.8. The molecule has 5 nitrogen and oxygen atoms in total. The molecule has 9 heteroatoms. The van der Waals surface area contributed by atoms with Crippen LogP contribution in [-0.4, -0.2) is 26.3 Å². The lowest BCUT2D eigenvalue weighted by Gasteiger charge is -2.27. The summed E-state index contributed by atoms with van der Waals surface area (Å²) in [4.78, 5) is 4.46. The molecule has 0 radical (unpaired) electrons. The van der Waals surface area contributed by atoms with Crippen molar-refractivity contribution >= 4 is 6.02 Å². The van der Waals surface area contributed by atoms with Crippen molar-refractivity contribution in [1.82, 2.24) is 0 Å². The number of nitrogens with zero attached hydrogens (tertiary/aromatic N) is 1. The highest BCUT2D eigenvalue weighted by Crippen LogP contribution is 2.41. The number of benzene rings is 3. The Morgan fingerprint density at radius 3 is 2.21 bits per heavy atom. The number of alkyl halides is 2. The van der Waals surface area contributed by atoms with Crippen molar-refractivity contribution in [3.8, 4) is 22.6 Å². The van der Waals surface area contributed by atoms with E-state index in [2.05, 4.69) is 9.73 Å². The van der Waals surface area contributed by atoms with E-state index in [9.17, 15) is 17.6 Å². The monoisotopic (exact) mass is 460 g/mol. The highest BCUT2D eigenvalue weighted by molar-refractivity contribution is 5.76. The van der Waals surface area contributed by atoms with E-state index in [1.54, 1.807) is 19.1 Å². The van der Waals surface area contributed by atoms with Gasteiger partial charge in [-0.2, -0.15) is 8.78 Å². The SMILES string of the molecule is COc1ccc(F)c(-c2cc(C3(c4ccc(OC(F)F)c(C)c4)COC(N)=N3)ccc2F)c1. The molecule has 0 saturated carbocycles. The summed E-state index contributed by atoms with van der Waals surface area (Å²) >= 11 is 0. The Kier molecular flexibility index (Phi) is 5.88. The predicted molar refractivity (Wildman–Crippen MR) is 115 cm³/mol. The van der Waals surface area contributed by atoms with Crippen LogP contribution in [0.15, 0.2) is 59.6 Å². The minimum Gasteiger partial charge on any atom is -0.497 e. The van der Waals surface area contributed by atoms with Crippen LogP contribution >= 0.6 is 0 Å². The molecular formula is C24H20F4N2O3. The zero-order chi connectivity index (χ0) is 23.8. The molecule has 0 amide bonds. The number of rotatable bonds is 6. The second kappa shape index (κ2) is 8.65. The fourth-order valence-corrected chi connectivity index (χ4v) is 3.86. The molecule has 172 valence electrons. The van der Waals surface area contributed by atoms with Gasteiger partial charge in [0, 0.05) is 11.1 Å². The molecule has 0 fully saturated rings. The van der Waals surface area contributed by atoms with Crippen LogP contribution in [0.3, 0.4) is 0 Å². The lowest BCUT2D eigenvalue weighted by molar-refractivity contribution is -0.0503. The molecule has 33 heavy (non-hydrogen) atoms. The molecule has 3 aromatic rings. The van der Waals surface area contributed by atoms with E-state index in [-0.39, 0.29) is 29.5 Å². The van der Waals surface area contributed by atoms with Gasteiger partial charge >= 0.3 is 6.61 Å². The van der Waals surface area contributed by atoms with Crippen LogP contribution in [0, 0.1) is 18.6 Å². The summed E-state index contributed by atoms with van der Waals surface area (Å²) < 4.78 is 69.8. The van der Waals surface area contributed by atoms with Gasteiger partial charge in [-0.05, 0) is 66.1 Å². The average Bonchev–Trinajstić information content (AvgIpc) is 3.18. The van der Waals surface area contributed by atoms with Gasteiger partial charge < -0.3 is 19.9 Å². The van der Waals surface area contributed by atoms with Gasteiger partial charge in [0.2, 0.25) is 0 Å². The summed E-state index contributed by atoms with van der Waals surface area (Å²) in [6, 6.07) is 12.7. The third-order valence-corrected chi connectivity index (χ3v) is 5.51. The first kappa shape index (κ1) is 22.4. The zero-order valence-corrected chi connectivity index (χ0v) is 17.7. The van der Waals surface area contributed by atoms with Crippen LogP contribution in [0.1, 0.15) is 16.7 Å². The van der Waals surface area contributed by atoms with E-state index >= 15 is 0 Å². The maximum Gasteiger partial charge on any atom is 0.387 e. The molecule has 0 aliphatic carbocycles. The van der Waals surface area contributed by atoms with Crippen LogP contribution in [-0.2, 0) is 10.3 Å². The van der Waals surface area contributed by atoms with Crippen LogP contribution in [0.5, 0.6) is 11.5 Å². The molecular weight excluding hydrogens is 440 g/mol. The molecule has 2 N–H and O–H groups in total. The smallest absolute Gasteiger partial charge is 0.387 e. The summed E-state index contributed by atoms with van der Waals surface area (Å²) in [5, 5.41) is 0. The second-order valence-corrected chi connectivity index (χ2v) is 7.50. The zero-order valence-electron chi connectivity index (χ0n) is 17.7. The van der Waals surface area contributed by atoms with Crippen molar-refractivity contribution in [3.63, 3.8) is 0 Å². The Morgan fingerprint density at radius 2 is 1.61 bits per heavy atom. The first-order valence-electron chi connectivity index (χ1n) is 9.91. The van der Waals surface area contributed by atoms with Gasteiger partial charge in [-0.1, -0.05) is 12.1 Å². The number of methoxy groups -OCH3 is 1. The average molecular weight is 460 g/mol. The molecule has 1 atom stereocenters. The molecule has 0 spiro atoms. The number of amidine groups is 1. The minimum absolute atomic E-state index is 0.00155. The second-order valence-electron chi connectivity index (χ2n) is 7.50. The van der Waals surface area contributed by atoms with Crippen molar-refractivity contribution in [1.29, 1.82) is 0 Å². The van der Waals surface area contributed by atoms with E-state index < -0.39 is 23.8 Å². The lowest BCUT2D eigenvalue weighted by Crippen LogP contribution is -2.27. The van der Waals surface area contributed by atoms with E-state index in [0.29, 0.717) is 22.4 Å². The Balaban J connectivity index is 1.87. The van der Waals surface area contributed by atoms with Crippen LogP contribution in [0.25, 0.3) is 11.1 Å². The van der Waals surface area contributed by atoms with Gasteiger partial charge in [0.25, 0.3) is 6.02 Å². The van der Waals surface area contributed by atoms with Crippen LogP contribution in [0.4, 0.5) is 17.6 Å². The molecule has 1 aliphatic heterocycles. The number of nitrogens with two attached hydrogens (primary N) is 1. The predicted octanol–water partition coefficient (Wildman–Crippen LogP) is 5.14. The quantitative estimate of drug-likeness (QED) is 0.518. The number of hydrogen-bond donors (Lipinski definition) is 1. The van der Waals surface area contributed by atoms with E-state index in [1.807, 2.05) is 0 Å². The summed E-state index contributed by atoms with van der Waals surface area (Å²) in [5.41, 5.74) is 6.10. The molecule has 0 bridgehead atoms. The highest BCUT2D eigenvalue weighted by atomic mass is 19.3. The maximum absolute atomic E-state index is 14.8. The van der Waals surface area contributed by atoms with Gasteiger partial charge in [0.15, 0.2) is 5.54 Å². The summed E-state index contributed by atoms with van der Waals surface area (Å²) in [6.07, 6.45) is 0. The molecule has 3 aromatic carbocycles. The number of halogens is 4. The van der Waals surface area contributed by atoms with Gasteiger partial charge in [-0.15, -0.1) is 0 Å². The van der Waals surface area contributed by atoms with Crippen molar-refractivity contribution in [3.05, 3.63) is 82.9 Å². The normalized spacial score (nSPS) is 17.6. The van der Waals surface area contributed by atoms with E-state index in [0.717, 1.165) is 0 Å². The van der Waals surface area contributed by atoms with Crippen molar-refractivity contribution in [2.24, 2.45) is 10.7 Å². The van der Waals surface area contributed by atoms with E-state index in [4.69, 9.17) is 15.2 Å². The van der Waals surface area contributed by atoms with Gasteiger partial charge in [0.1, 0.15) is 29.7 Å². The molecule has 4 rings (SSSR count). The number of hydrogen-bond acceptors (Lipinski definition) is 5. The summed E-state index contributed by atoms with van der Waals surface area (Å²) in [7, 11) is 1.43. The molecule has 0 aromatic heterocycles. The molecule has 0 saturated heterocycles. The van der Waals surface area contributed by atoms with Gasteiger partial charge in [-0.3, -0.25) is 0 Å².